The molecule has 0 aliphatic carbocycles. The molecule has 31 heavy (non-hydrogen) atoms. The Labute approximate surface area is 186 Å². The van der Waals surface area contributed by atoms with Crippen molar-refractivity contribution in [3.63, 3.8) is 0 Å². The smallest absolute Gasteiger partial charge is 0.246 e. The molecule has 2 aromatic carbocycles. The molecule has 6 heteroatoms. The number of likely N-dealkylation sites (tertiary alicyclic amines) is 1. The van der Waals surface area contributed by atoms with E-state index in [1.54, 1.807) is 17.4 Å². The van der Waals surface area contributed by atoms with E-state index in [1.807, 2.05) is 77.9 Å². The Balaban J connectivity index is 1.30. The van der Waals surface area contributed by atoms with Crippen molar-refractivity contribution in [1.82, 2.24) is 9.88 Å². The molecule has 1 N–H and O–H groups in total. The van der Waals surface area contributed by atoms with Crippen molar-refractivity contribution in [2.45, 2.75) is 19.8 Å². The molecule has 1 saturated heterocycles. The first-order valence-electron chi connectivity index (χ1n) is 10.4. The van der Waals surface area contributed by atoms with Crippen molar-refractivity contribution in [3.05, 3.63) is 76.6 Å². The molecule has 158 valence electrons. The largest absolute Gasteiger partial charge is 0.339 e. The fourth-order valence-electron chi connectivity index (χ4n) is 3.70. The van der Waals surface area contributed by atoms with Crippen LogP contribution in [-0.4, -0.2) is 34.8 Å². The number of benzene rings is 2. The van der Waals surface area contributed by atoms with Crippen LogP contribution in [0, 0.1) is 12.8 Å². The van der Waals surface area contributed by atoms with E-state index in [-0.39, 0.29) is 17.7 Å². The van der Waals surface area contributed by atoms with Crippen LogP contribution in [0.1, 0.15) is 23.4 Å². The molecule has 0 atom stereocenters. The summed E-state index contributed by atoms with van der Waals surface area (Å²) in [4.78, 5) is 31.5. The fraction of sp³-hybridized carbons (Fsp3) is 0.240. The van der Waals surface area contributed by atoms with Gasteiger partial charge in [-0.25, -0.2) is 4.98 Å². The van der Waals surface area contributed by atoms with E-state index < -0.39 is 0 Å². The summed E-state index contributed by atoms with van der Waals surface area (Å²) in [5.74, 6) is -0.0835. The molecular formula is C25H25N3O2S. The van der Waals surface area contributed by atoms with Gasteiger partial charge in [0, 0.05) is 41.7 Å². The number of rotatable bonds is 5. The molecule has 1 aromatic heterocycles. The van der Waals surface area contributed by atoms with Crippen LogP contribution in [0.3, 0.4) is 0 Å². The second-order valence-electron chi connectivity index (χ2n) is 7.67. The molecule has 0 spiro atoms. The zero-order valence-corrected chi connectivity index (χ0v) is 18.3. The highest BCUT2D eigenvalue weighted by Crippen LogP contribution is 2.25. The summed E-state index contributed by atoms with van der Waals surface area (Å²) in [5.41, 5.74) is 3.69. The SMILES string of the molecule is Cc1nc(-c2cccc(NC(=O)C3CCN(C(=O)/C=C/c4ccccc4)CC3)c2)cs1. The lowest BCUT2D eigenvalue weighted by Crippen LogP contribution is -2.40. The summed E-state index contributed by atoms with van der Waals surface area (Å²) in [6.07, 6.45) is 4.78. The van der Waals surface area contributed by atoms with Gasteiger partial charge in [-0.15, -0.1) is 11.3 Å². The van der Waals surface area contributed by atoms with Crippen molar-refractivity contribution in [2.75, 3.05) is 18.4 Å². The summed E-state index contributed by atoms with van der Waals surface area (Å²) in [6.45, 7) is 3.16. The van der Waals surface area contributed by atoms with Crippen LogP contribution < -0.4 is 5.32 Å². The Bertz CT molecular complexity index is 1080. The fourth-order valence-corrected chi connectivity index (χ4v) is 4.32. The van der Waals surface area contributed by atoms with Crippen molar-refractivity contribution in [3.8, 4) is 11.3 Å². The standard InChI is InChI=1S/C25H25N3O2S/c1-18-26-23(17-31-18)21-8-5-9-22(16-21)27-25(30)20-12-14-28(15-13-20)24(29)11-10-19-6-3-2-4-7-19/h2-11,16-17,20H,12-15H2,1H3,(H,27,30)/b11-10+. The third-order valence-electron chi connectivity index (χ3n) is 5.44. The van der Waals surface area contributed by atoms with Gasteiger partial charge in [0.15, 0.2) is 0 Å². The number of aromatic nitrogens is 1. The first kappa shape index (κ1) is 21.0. The molecule has 5 nitrogen and oxygen atoms in total. The minimum absolute atomic E-state index is 0.00558. The van der Waals surface area contributed by atoms with Crippen LogP contribution in [0.25, 0.3) is 17.3 Å². The average molecular weight is 432 g/mol. The Morgan fingerprint density at radius 2 is 1.87 bits per heavy atom. The predicted octanol–water partition coefficient (Wildman–Crippen LogP) is 5.01. The van der Waals surface area contributed by atoms with Gasteiger partial charge in [0.05, 0.1) is 10.7 Å². The minimum Gasteiger partial charge on any atom is -0.339 e. The molecule has 1 aliphatic heterocycles. The lowest BCUT2D eigenvalue weighted by atomic mass is 9.95. The highest BCUT2D eigenvalue weighted by Gasteiger charge is 2.26. The van der Waals surface area contributed by atoms with Gasteiger partial charge in [-0.2, -0.15) is 0 Å². The number of piperidine rings is 1. The van der Waals surface area contributed by atoms with E-state index in [9.17, 15) is 9.59 Å². The number of thiazole rings is 1. The predicted molar refractivity (Wildman–Crippen MR) is 126 cm³/mol. The Kier molecular flexibility index (Phi) is 6.57. The first-order chi connectivity index (χ1) is 15.1. The van der Waals surface area contributed by atoms with Gasteiger partial charge in [0.1, 0.15) is 0 Å². The van der Waals surface area contributed by atoms with Crippen molar-refractivity contribution >= 4 is 34.9 Å². The maximum Gasteiger partial charge on any atom is 0.246 e. The number of amides is 2. The second kappa shape index (κ2) is 9.71. The van der Waals surface area contributed by atoms with Gasteiger partial charge < -0.3 is 10.2 Å². The molecule has 3 aromatic rings. The first-order valence-corrected chi connectivity index (χ1v) is 11.3. The van der Waals surface area contributed by atoms with Crippen LogP contribution >= 0.6 is 11.3 Å². The minimum atomic E-state index is -0.0904. The number of carbonyl (C=O) groups excluding carboxylic acids is 2. The molecular weight excluding hydrogens is 406 g/mol. The van der Waals surface area contributed by atoms with Crippen LogP contribution in [0.4, 0.5) is 5.69 Å². The van der Waals surface area contributed by atoms with Crippen LogP contribution in [0.5, 0.6) is 0 Å². The molecule has 0 unspecified atom stereocenters. The topological polar surface area (TPSA) is 62.3 Å². The third kappa shape index (κ3) is 5.47. The highest BCUT2D eigenvalue weighted by atomic mass is 32.1. The molecule has 0 radical (unpaired) electrons. The number of carbonyl (C=O) groups is 2. The summed E-state index contributed by atoms with van der Waals surface area (Å²) in [7, 11) is 0. The molecule has 2 heterocycles. The van der Waals surface area contributed by atoms with Gasteiger partial charge >= 0.3 is 0 Å². The highest BCUT2D eigenvalue weighted by molar-refractivity contribution is 7.09. The van der Waals surface area contributed by atoms with Crippen molar-refractivity contribution in [2.24, 2.45) is 5.92 Å². The summed E-state index contributed by atoms with van der Waals surface area (Å²) in [6, 6.07) is 17.6. The number of nitrogens with one attached hydrogen (secondary N) is 1. The zero-order chi connectivity index (χ0) is 21.6. The second-order valence-corrected chi connectivity index (χ2v) is 8.73. The quantitative estimate of drug-likeness (QED) is 0.578. The van der Waals surface area contributed by atoms with E-state index in [0.717, 1.165) is 27.5 Å². The third-order valence-corrected chi connectivity index (χ3v) is 6.21. The van der Waals surface area contributed by atoms with Gasteiger partial charge in [-0.05, 0) is 43.5 Å². The molecule has 0 saturated carbocycles. The van der Waals surface area contributed by atoms with Crippen LogP contribution in [0.2, 0.25) is 0 Å². The monoisotopic (exact) mass is 431 g/mol. The van der Waals surface area contributed by atoms with Gasteiger partial charge in [-0.3, -0.25) is 9.59 Å². The maximum absolute atomic E-state index is 12.8. The molecule has 0 bridgehead atoms. The van der Waals surface area contributed by atoms with Gasteiger partial charge in [-0.1, -0.05) is 42.5 Å². The van der Waals surface area contributed by atoms with E-state index in [1.165, 1.54) is 0 Å². The van der Waals surface area contributed by atoms with Gasteiger partial charge in [0.2, 0.25) is 11.8 Å². The Hall–Kier alpha value is -3.25. The van der Waals surface area contributed by atoms with E-state index in [4.69, 9.17) is 0 Å². The molecule has 2 amide bonds. The number of anilines is 1. The van der Waals surface area contributed by atoms with Crippen LogP contribution in [-0.2, 0) is 9.59 Å². The number of aryl methyl sites for hydroxylation is 1. The van der Waals surface area contributed by atoms with Gasteiger partial charge in [0.25, 0.3) is 0 Å². The lowest BCUT2D eigenvalue weighted by molar-refractivity contribution is -0.130. The van der Waals surface area contributed by atoms with E-state index in [2.05, 4.69) is 10.3 Å². The molecule has 4 rings (SSSR count). The van der Waals surface area contributed by atoms with Crippen molar-refractivity contribution < 1.29 is 9.59 Å². The number of nitrogens with zero attached hydrogens (tertiary/aromatic N) is 2. The van der Waals surface area contributed by atoms with E-state index >= 15 is 0 Å². The maximum atomic E-state index is 12.8. The van der Waals surface area contributed by atoms with Crippen LogP contribution in [0.15, 0.2) is 66.1 Å². The Morgan fingerprint density at radius 1 is 1.10 bits per heavy atom. The number of hydrogen-bond acceptors (Lipinski definition) is 4. The average Bonchev–Trinajstić information content (AvgIpc) is 3.25. The van der Waals surface area contributed by atoms with E-state index in [0.29, 0.717) is 25.9 Å². The lowest BCUT2D eigenvalue weighted by Gasteiger charge is -2.30. The summed E-state index contributed by atoms with van der Waals surface area (Å²) >= 11 is 1.61. The normalized spacial score (nSPS) is 14.7. The molecule has 1 fully saturated rings. The summed E-state index contributed by atoms with van der Waals surface area (Å²) < 4.78 is 0. The summed E-state index contributed by atoms with van der Waals surface area (Å²) in [5, 5.41) is 6.08. The molecule has 1 aliphatic rings. The van der Waals surface area contributed by atoms with Crippen molar-refractivity contribution in [1.29, 1.82) is 0 Å². The zero-order valence-electron chi connectivity index (χ0n) is 17.5. The Morgan fingerprint density at radius 3 is 2.58 bits per heavy atom. The number of hydrogen-bond donors (Lipinski definition) is 1.